The highest BCUT2D eigenvalue weighted by Gasteiger charge is 2.32. The van der Waals surface area contributed by atoms with Crippen LogP contribution in [0.3, 0.4) is 0 Å². The summed E-state index contributed by atoms with van der Waals surface area (Å²) < 4.78 is 0. The number of Topliss-reactive ketones (excluding diaryl/α,β-unsaturated/α-hetero) is 1. The van der Waals surface area contributed by atoms with E-state index in [-0.39, 0.29) is 37.1 Å². The Bertz CT molecular complexity index is 260. The molecule has 0 saturated heterocycles. The van der Waals surface area contributed by atoms with Crippen LogP contribution in [0, 0.1) is 0 Å². The number of nitrogens with two attached hydrogens (primary N) is 1. The Kier molecular flexibility index (Phi) is 12.4. The van der Waals surface area contributed by atoms with Gasteiger partial charge in [-0.15, -0.1) is 24.8 Å². The minimum absolute atomic E-state index is 0. The number of hydrogen-bond acceptors (Lipinski definition) is 5. The van der Waals surface area contributed by atoms with E-state index in [4.69, 9.17) is 15.4 Å². The minimum Gasteiger partial charge on any atom is -0.328 e. The summed E-state index contributed by atoms with van der Waals surface area (Å²) in [5.74, 6) is 0.00556. The van der Waals surface area contributed by atoms with E-state index in [1.165, 1.54) is 5.23 Å². The van der Waals surface area contributed by atoms with Gasteiger partial charge in [-0.1, -0.05) is 12.2 Å². The van der Waals surface area contributed by atoms with E-state index >= 15 is 0 Å². The predicted octanol–water partition coefficient (Wildman–Crippen LogP) is 2.90. The smallest absolute Gasteiger partial charge is 0.155 e. The lowest BCUT2D eigenvalue weighted by Crippen LogP contribution is -2.51. The van der Waals surface area contributed by atoms with Crippen LogP contribution in [0.4, 0.5) is 0 Å². The van der Waals surface area contributed by atoms with Gasteiger partial charge in [0.2, 0.25) is 0 Å². The van der Waals surface area contributed by atoms with E-state index in [2.05, 4.69) is 0 Å². The van der Waals surface area contributed by atoms with Crippen LogP contribution in [0.2, 0.25) is 0 Å². The number of rotatable bonds is 6. The zero-order valence-electron chi connectivity index (χ0n) is 13.6. The van der Waals surface area contributed by atoms with Crippen LogP contribution in [-0.2, 0) is 14.5 Å². The van der Waals surface area contributed by atoms with E-state index in [0.717, 1.165) is 0 Å². The molecule has 0 saturated carbocycles. The van der Waals surface area contributed by atoms with Crippen molar-refractivity contribution in [2.75, 3.05) is 6.54 Å². The first kappa shape index (κ1) is 25.1. The van der Waals surface area contributed by atoms with Gasteiger partial charge >= 0.3 is 0 Å². The van der Waals surface area contributed by atoms with Crippen LogP contribution in [0.1, 0.15) is 54.9 Å². The summed E-state index contributed by atoms with van der Waals surface area (Å²) in [4.78, 5) is 23.3. The molecule has 0 aliphatic heterocycles. The third-order valence-corrected chi connectivity index (χ3v) is 1.93. The summed E-state index contributed by atoms with van der Waals surface area (Å²) in [5, 5.41) is 1.27. The Labute approximate surface area is 135 Å². The average molecular weight is 333 g/mol. The Morgan fingerprint density at radius 3 is 1.60 bits per heavy atom. The number of carbonyl (C=O) groups excluding carboxylic acids is 1. The summed E-state index contributed by atoms with van der Waals surface area (Å²) >= 11 is 0. The largest absolute Gasteiger partial charge is 0.328 e. The summed E-state index contributed by atoms with van der Waals surface area (Å²) in [7, 11) is 0. The number of carbonyl (C=O) groups is 1. The Morgan fingerprint density at radius 1 is 1.05 bits per heavy atom. The number of hydrogen-bond donors (Lipinski definition) is 1. The number of nitrogens with zero attached hydrogens (tertiary/aromatic N) is 1. The zero-order chi connectivity index (χ0) is 14.6. The SMILES string of the molecule is CCC(=O)C(CN)N(OC(C)(C)C)OC(C)(C)C.Cl.Cl. The lowest BCUT2D eigenvalue weighted by atomic mass is 10.1. The van der Waals surface area contributed by atoms with Gasteiger partial charge in [-0.25, -0.2) is 0 Å². The van der Waals surface area contributed by atoms with Crippen LogP contribution in [0.5, 0.6) is 0 Å². The van der Waals surface area contributed by atoms with Crippen molar-refractivity contribution in [2.24, 2.45) is 5.73 Å². The number of halogens is 2. The van der Waals surface area contributed by atoms with Crippen LogP contribution in [-0.4, -0.2) is 34.8 Å². The Balaban J connectivity index is -0.00000144. The van der Waals surface area contributed by atoms with Crippen molar-refractivity contribution < 1.29 is 14.5 Å². The third-order valence-electron chi connectivity index (χ3n) is 1.93. The van der Waals surface area contributed by atoms with E-state index in [1.54, 1.807) is 6.92 Å². The number of hydroxylamine groups is 2. The Morgan fingerprint density at radius 2 is 1.40 bits per heavy atom. The van der Waals surface area contributed by atoms with Gasteiger partial charge in [0.05, 0.1) is 11.2 Å². The fourth-order valence-electron chi connectivity index (χ4n) is 1.26. The van der Waals surface area contributed by atoms with Gasteiger partial charge < -0.3 is 5.73 Å². The molecule has 0 aliphatic carbocycles. The summed E-state index contributed by atoms with van der Waals surface area (Å²) in [5.41, 5.74) is 4.76. The second kappa shape index (κ2) is 9.92. The molecule has 0 aromatic rings. The van der Waals surface area contributed by atoms with E-state index in [1.807, 2.05) is 41.5 Å². The maximum absolute atomic E-state index is 11.9. The summed E-state index contributed by atoms with van der Waals surface area (Å²) in [6.07, 6.45) is 0.402. The average Bonchev–Trinajstić information content (AvgIpc) is 2.13. The predicted molar refractivity (Wildman–Crippen MR) is 86.2 cm³/mol. The monoisotopic (exact) mass is 332 g/mol. The van der Waals surface area contributed by atoms with Gasteiger partial charge in [0.25, 0.3) is 0 Å². The van der Waals surface area contributed by atoms with Crippen molar-refractivity contribution in [3.8, 4) is 0 Å². The Hall–Kier alpha value is 0.0900. The molecule has 20 heavy (non-hydrogen) atoms. The molecular formula is C13H30Cl2N2O3. The van der Waals surface area contributed by atoms with Gasteiger partial charge in [0.15, 0.2) is 5.78 Å². The van der Waals surface area contributed by atoms with Crippen LogP contribution >= 0.6 is 24.8 Å². The second-order valence-corrected chi connectivity index (χ2v) is 6.26. The van der Waals surface area contributed by atoms with E-state index < -0.39 is 17.2 Å². The van der Waals surface area contributed by atoms with Gasteiger partial charge in [-0.2, -0.15) is 0 Å². The van der Waals surface area contributed by atoms with Crippen molar-refractivity contribution in [1.82, 2.24) is 5.23 Å². The first-order valence-electron chi connectivity index (χ1n) is 6.40. The summed E-state index contributed by atoms with van der Waals surface area (Å²) in [6.45, 7) is 13.4. The van der Waals surface area contributed by atoms with Crippen LogP contribution in [0.25, 0.3) is 0 Å². The molecule has 0 spiro atoms. The molecule has 0 bridgehead atoms. The fourth-order valence-corrected chi connectivity index (χ4v) is 1.26. The van der Waals surface area contributed by atoms with Crippen LogP contribution < -0.4 is 5.73 Å². The molecule has 124 valence electrons. The topological polar surface area (TPSA) is 64.8 Å². The second-order valence-electron chi connectivity index (χ2n) is 6.26. The molecule has 0 aromatic heterocycles. The van der Waals surface area contributed by atoms with Crippen LogP contribution in [0.15, 0.2) is 0 Å². The molecule has 5 nitrogen and oxygen atoms in total. The van der Waals surface area contributed by atoms with Gasteiger partial charge in [0.1, 0.15) is 6.04 Å². The molecule has 0 fully saturated rings. The quantitative estimate of drug-likeness (QED) is 0.757. The number of ketones is 1. The molecule has 0 heterocycles. The fraction of sp³-hybridized carbons (Fsp3) is 0.923. The normalized spacial score (nSPS) is 13.4. The third kappa shape index (κ3) is 10.8. The van der Waals surface area contributed by atoms with Gasteiger partial charge in [-0.05, 0) is 41.5 Å². The first-order valence-corrected chi connectivity index (χ1v) is 6.40. The maximum Gasteiger partial charge on any atom is 0.155 e. The lowest BCUT2D eigenvalue weighted by Gasteiger charge is -2.37. The first-order chi connectivity index (χ1) is 8.00. The molecule has 0 aromatic carbocycles. The van der Waals surface area contributed by atoms with Crippen molar-refractivity contribution in [3.63, 3.8) is 0 Å². The van der Waals surface area contributed by atoms with E-state index in [9.17, 15) is 4.79 Å². The van der Waals surface area contributed by atoms with Crippen molar-refractivity contribution in [1.29, 1.82) is 0 Å². The van der Waals surface area contributed by atoms with E-state index in [0.29, 0.717) is 6.42 Å². The molecule has 1 atom stereocenters. The zero-order valence-corrected chi connectivity index (χ0v) is 15.2. The molecular weight excluding hydrogens is 303 g/mol. The molecule has 2 N–H and O–H groups in total. The molecule has 7 heteroatoms. The standard InChI is InChI=1S/C13H28N2O3.2ClH/c1-8-11(16)10(9-14)15(17-12(2,3)4)18-13(5,6)7;;/h10H,8-9,14H2,1-7H3;2*1H. The highest BCUT2D eigenvalue weighted by Crippen LogP contribution is 2.19. The van der Waals surface area contributed by atoms with Crippen molar-refractivity contribution in [3.05, 3.63) is 0 Å². The van der Waals surface area contributed by atoms with Crippen molar-refractivity contribution >= 4 is 30.6 Å². The van der Waals surface area contributed by atoms with Crippen molar-refractivity contribution in [2.45, 2.75) is 72.1 Å². The molecule has 1 unspecified atom stereocenters. The van der Waals surface area contributed by atoms with Gasteiger partial charge in [0, 0.05) is 13.0 Å². The lowest BCUT2D eigenvalue weighted by molar-refractivity contribution is -0.438. The minimum atomic E-state index is -0.576. The molecule has 0 aliphatic rings. The maximum atomic E-state index is 11.9. The molecule has 0 rings (SSSR count). The summed E-state index contributed by atoms with van der Waals surface area (Å²) in [6, 6.07) is -0.576. The highest BCUT2D eigenvalue weighted by molar-refractivity contribution is 5.85. The van der Waals surface area contributed by atoms with Gasteiger partial charge in [-0.3, -0.25) is 14.5 Å². The molecule has 0 amide bonds. The molecule has 0 radical (unpaired) electrons. The highest BCUT2D eigenvalue weighted by atomic mass is 35.5.